The van der Waals surface area contributed by atoms with Crippen molar-refractivity contribution in [1.82, 2.24) is 0 Å². The lowest BCUT2D eigenvalue weighted by Crippen LogP contribution is -2.00. The Kier molecular flexibility index (Phi) is 4.86. The molecule has 0 spiro atoms. The van der Waals surface area contributed by atoms with Gasteiger partial charge in [0.15, 0.2) is 0 Å². The van der Waals surface area contributed by atoms with E-state index in [0.717, 1.165) is 22.4 Å². The first kappa shape index (κ1) is 15.5. The number of aryl methyl sites for hydroxylation is 2. The number of ether oxygens (including phenoxy) is 1. The maximum Gasteiger partial charge on any atom is 0.142 e. The van der Waals surface area contributed by atoms with Crippen molar-refractivity contribution in [2.45, 2.75) is 18.7 Å². The molecule has 0 bridgehead atoms. The molecule has 0 heterocycles. The largest absolute Gasteiger partial charge is 0.496 e. The van der Waals surface area contributed by atoms with Gasteiger partial charge in [-0.2, -0.15) is 0 Å². The first-order valence-electron chi connectivity index (χ1n) is 6.18. The number of benzene rings is 2. The third-order valence-corrected chi connectivity index (χ3v) is 4.87. The second kappa shape index (κ2) is 6.27. The normalized spacial score (nSPS) is 12.3. The van der Waals surface area contributed by atoms with Crippen molar-refractivity contribution in [3.8, 4) is 5.75 Å². The Balaban J connectivity index is 2.49. The summed E-state index contributed by atoms with van der Waals surface area (Å²) >= 11 is 6.82. The molecule has 106 valence electrons. The van der Waals surface area contributed by atoms with Crippen LogP contribution in [0.4, 0.5) is 4.39 Å². The van der Waals surface area contributed by atoms with Crippen LogP contribution in [0.1, 0.15) is 27.1 Å². The van der Waals surface area contributed by atoms with E-state index in [1.54, 1.807) is 19.2 Å². The Bertz CT molecular complexity index is 617. The minimum atomic E-state index is -0.236. The Morgan fingerprint density at radius 2 is 1.75 bits per heavy atom. The summed E-state index contributed by atoms with van der Waals surface area (Å²) in [5.41, 5.74) is 3.71. The Hall–Kier alpha value is -0.870. The van der Waals surface area contributed by atoms with Gasteiger partial charge in [-0.1, -0.05) is 40.2 Å². The first-order chi connectivity index (χ1) is 9.45. The standard InChI is InChI=1S/C16H15Br2FO/c1-9-7-11(8-10(2)16(9)20-3)14(18)12-5-4-6-13(17)15(12)19/h4-8,14H,1-3H3. The predicted octanol–water partition coefficient (Wildman–Crippen LogP) is 5.70. The fourth-order valence-electron chi connectivity index (χ4n) is 2.35. The average molecular weight is 402 g/mol. The lowest BCUT2D eigenvalue weighted by Gasteiger charge is -2.16. The predicted molar refractivity (Wildman–Crippen MR) is 87.3 cm³/mol. The zero-order valence-electron chi connectivity index (χ0n) is 11.5. The number of alkyl halides is 1. The number of hydrogen-bond donors (Lipinski definition) is 0. The van der Waals surface area contributed by atoms with E-state index < -0.39 is 0 Å². The molecule has 2 aromatic rings. The molecule has 1 unspecified atom stereocenters. The van der Waals surface area contributed by atoms with Crippen LogP contribution in [0.15, 0.2) is 34.8 Å². The van der Waals surface area contributed by atoms with Crippen LogP contribution in [0.5, 0.6) is 5.75 Å². The SMILES string of the molecule is COc1c(C)cc(C(Br)c2cccc(Br)c2F)cc1C. The summed E-state index contributed by atoms with van der Waals surface area (Å²) in [6.07, 6.45) is 0. The third-order valence-electron chi connectivity index (χ3n) is 3.23. The van der Waals surface area contributed by atoms with Crippen molar-refractivity contribution in [1.29, 1.82) is 0 Å². The van der Waals surface area contributed by atoms with Gasteiger partial charge in [0.05, 0.1) is 16.4 Å². The quantitative estimate of drug-likeness (QED) is 0.599. The van der Waals surface area contributed by atoms with E-state index >= 15 is 0 Å². The summed E-state index contributed by atoms with van der Waals surface area (Å²) < 4.78 is 20.0. The number of hydrogen-bond acceptors (Lipinski definition) is 1. The van der Waals surface area contributed by atoms with Gasteiger partial charge in [0.25, 0.3) is 0 Å². The second-order valence-electron chi connectivity index (χ2n) is 4.69. The van der Waals surface area contributed by atoms with Gasteiger partial charge in [0.1, 0.15) is 11.6 Å². The van der Waals surface area contributed by atoms with Gasteiger partial charge in [0, 0.05) is 5.56 Å². The highest BCUT2D eigenvalue weighted by molar-refractivity contribution is 9.10. The molecule has 0 aromatic heterocycles. The van der Waals surface area contributed by atoms with E-state index in [1.165, 1.54) is 0 Å². The Morgan fingerprint density at radius 3 is 2.30 bits per heavy atom. The van der Waals surface area contributed by atoms with E-state index in [1.807, 2.05) is 32.0 Å². The number of halogens is 3. The molecule has 20 heavy (non-hydrogen) atoms. The number of rotatable bonds is 3. The summed E-state index contributed by atoms with van der Waals surface area (Å²) in [6.45, 7) is 3.98. The highest BCUT2D eigenvalue weighted by Crippen LogP contribution is 2.37. The molecule has 2 rings (SSSR count). The van der Waals surface area contributed by atoms with Crippen molar-refractivity contribution in [2.24, 2.45) is 0 Å². The minimum absolute atomic E-state index is 0.191. The van der Waals surface area contributed by atoms with Gasteiger partial charge in [-0.15, -0.1) is 0 Å². The van der Waals surface area contributed by atoms with Crippen LogP contribution in [-0.2, 0) is 0 Å². The molecule has 1 nitrogen and oxygen atoms in total. The highest BCUT2D eigenvalue weighted by atomic mass is 79.9. The maximum atomic E-state index is 14.2. The van der Waals surface area contributed by atoms with Crippen molar-refractivity contribution in [3.05, 3.63) is 62.9 Å². The van der Waals surface area contributed by atoms with Gasteiger partial charge in [-0.25, -0.2) is 4.39 Å². The average Bonchev–Trinajstić information content (AvgIpc) is 2.41. The topological polar surface area (TPSA) is 9.23 Å². The zero-order valence-corrected chi connectivity index (χ0v) is 14.7. The minimum Gasteiger partial charge on any atom is -0.496 e. The van der Waals surface area contributed by atoms with Crippen molar-refractivity contribution in [2.75, 3.05) is 7.11 Å². The van der Waals surface area contributed by atoms with E-state index in [9.17, 15) is 4.39 Å². The molecule has 0 aliphatic carbocycles. The molecular weight excluding hydrogens is 387 g/mol. The van der Waals surface area contributed by atoms with Gasteiger partial charge in [0.2, 0.25) is 0 Å². The molecule has 0 aliphatic rings. The molecule has 0 saturated heterocycles. The summed E-state index contributed by atoms with van der Waals surface area (Å²) in [5.74, 6) is 0.642. The Morgan fingerprint density at radius 1 is 1.15 bits per heavy atom. The molecule has 0 N–H and O–H groups in total. The maximum absolute atomic E-state index is 14.2. The Labute approximate surface area is 135 Å². The second-order valence-corrected chi connectivity index (χ2v) is 6.46. The van der Waals surface area contributed by atoms with Crippen LogP contribution in [0, 0.1) is 19.7 Å². The first-order valence-corrected chi connectivity index (χ1v) is 7.89. The van der Waals surface area contributed by atoms with Crippen molar-refractivity contribution in [3.63, 3.8) is 0 Å². The fraction of sp³-hybridized carbons (Fsp3) is 0.250. The van der Waals surface area contributed by atoms with Crippen LogP contribution >= 0.6 is 31.9 Å². The van der Waals surface area contributed by atoms with E-state index in [-0.39, 0.29) is 10.6 Å². The molecule has 0 amide bonds. The van der Waals surface area contributed by atoms with E-state index in [4.69, 9.17) is 4.74 Å². The third kappa shape index (κ3) is 2.91. The van der Waals surface area contributed by atoms with E-state index in [0.29, 0.717) is 10.0 Å². The van der Waals surface area contributed by atoms with Gasteiger partial charge in [-0.3, -0.25) is 0 Å². The molecular formula is C16H15Br2FO. The smallest absolute Gasteiger partial charge is 0.142 e. The molecule has 0 saturated carbocycles. The van der Waals surface area contributed by atoms with Crippen LogP contribution in [0.25, 0.3) is 0 Å². The van der Waals surface area contributed by atoms with Crippen LogP contribution in [-0.4, -0.2) is 7.11 Å². The van der Waals surface area contributed by atoms with Gasteiger partial charge >= 0.3 is 0 Å². The van der Waals surface area contributed by atoms with Gasteiger partial charge < -0.3 is 4.74 Å². The van der Waals surface area contributed by atoms with E-state index in [2.05, 4.69) is 31.9 Å². The lowest BCUT2D eigenvalue weighted by atomic mass is 9.99. The van der Waals surface area contributed by atoms with Crippen LogP contribution in [0.2, 0.25) is 0 Å². The van der Waals surface area contributed by atoms with Crippen molar-refractivity contribution >= 4 is 31.9 Å². The monoisotopic (exact) mass is 400 g/mol. The summed E-state index contributed by atoms with van der Waals surface area (Å²) in [6, 6.07) is 9.36. The summed E-state index contributed by atoms with van der Waals surface area (Å²) in [5, 5.41) is 0. The highest BCUT2D eigenvalue weighted by Gasteiger charge is 2.18. The molecule has 0 aliphatic heterocycles. The molecule has 1 atom stereocenters. The summed E-state index contributed by atoms with van der Waals surface area (Å²) in [7, 11) is 1.66. The molecule has 2 aromatic carbocycles. The molecule has 0 radical (unpaired) electrons. The fourth-order valence-corrected chi connectivity index (χ4v) is 3.35. The van der Waals surface area contributed by atoms with Crippen LogP contribution < -0.4 is 4.74 Å². The van der Waals surface area contributed by atoms with Gasteiger partial charge in [-0.05, 0) is 52.5 Å². The molecule has 4 heteroatoms. The van der Waals surface area contributed by atoms with Crippen LogP contribution in [0.3, 0.4) is 0 Å². The zero-order chi connectivity index (χ0) is 14.9. The number of methoxy groups -OCH3 is 1. The van der Waals surface area contributed by atoms with Crippen molar-refractivity contribution < 1.29 is 9.13 Å². The lowest BCUT2D eigenvalue weighted by molar-refractivity contribution is 0.408. The summed E-state index contributed by atoms with van der Waals surface area (Å²) in [4.78, 5) is -0.191. The molecule has 0 fully saturated rings.